The SMILES string of the molecule is CC(Cc1ccccc1F)Nc1ccc2[nH]ncc2c1. The van der Waals surface area contributed by atoms with Gasteiger partial charge in [0.1, 0.15) is 5.82 Å². The van der Waals surface area contributed by atoms with Gasteiger partial charge in [-0.3, -0.25) is 5.10 Å². The molecule has 0 spiro atoms. The number of aromatic nitrogens is 2. The van der Waals surface area contributed by atoms with E-state index in [-0.39, 0.29) is 11.9 Å². The fourth-order valence-corrected chi connectivity index (χ4v) is 2.36. The Bertz CT molecular complexity index is 720. The number of H-pyrrole nitrogens is 1. The average molecular weight is 269 g/mol. The van der Waals surface area contributed by atoms with E-state index in [0.29, 0.717) is 6.42 Å². The van der Waals surface area contributed by atoms with Gasteiger partial charge in [0, 0.05) is 17.1 Å². The van der Waals surface area contributed by atoms with E-state index in [9.17, 15) is 4.39 Å². The van der Waals surface area contributed by atoms with Gasteiger partial charge < -0.3 is 5.32 Å². The summed E-state index contributed by atoms with van der Waals surface area (Å²) in [6.07, 6.45) is 2.44. The summed E-state index contributed by atoms with van der Waals surface area (Å²) in [6.45, 7) is 2.05. The van der Waals surface area contributed by atoms with Gasteiger partial charge in [-0.2, -0.15) is 5.10 Å². The lowest BCUT2D eigenvalue weighted by molar-refractivity contribution is 0.601. The molecule has 0 saturated heterocycles. The summed E-state index contributed by atoms with van der Waals surface area (Å²) in [7, 11) is 0. The van der Waals surface area contributed by atoms with Gasteiger partial charge in [0.25, 0.3) is 0 Å². The molecule has 1 atom stereocenters. The van der Waals surface area contributed by atoms with Crippen molar-refractivity contribution in [2.75, 3.05) is 5.32 Å². The normalized spacial score (nSPS) is 12.5. The number of fused-ring (bicyclic) bond motifs is 1. The van der Waals surface area contributed by atoms with E-state index < -0.39 is 0 Å². The van der Waals surface area contributed by atoms with Gasteiger partial charge in [0.2, 0.25) is 0 Å². The fraction of sp³-hybridized carbons (Fsp3) is 0.188. The molecule has 0 amide bonds. The number of hydrogen-bond acceptors (Lipinski definition) is 2. The maximum atomic E-state index is 13.6. The zero-order chi connectivity index (χ0) is 13.9. The van der Waals surface area contributed by atoms with Crippen LogP contribution < -0.4 is 5.32 Å². The second kappa shape index (κ2) is 5.33. The number of halogens is 1. The molecule has 0 aliphatic carbocycles. The molecule has 2 aromatic carbocycles. The Labute approximate surface area is 116 Å². The molecule has 0 radical (unpaired) electrons. The molecule has 4 heteroatoms. The first kappa shape index (κ1) is 12.7. The van der Waals surface area contributed by atoms with Crippen molar-refractivity contribution < 1.29 is 4.39 Å². The van der Waals surface area contributed by atoms with Crippen LogP contribution in [0.5, 0.6) is 0 Å². The summed E-state index contributed by atoms with van der Waals surface area (Å²) in [5, 5.41) is 11.4. The summed E-state index contributed by atoms with van der Waals surface area (Å²) >= 11 is 0. The van der Waals surface area contributed by atoms with Crippen LogP contribution in [0.3, 0.4) is 0 Å². The lowest BCUT2D eigenvalue weighted by Crippen LogP contribution is -2.18. The zero-order valence-corrected chi connectivity index (χ0v) is 11.2. The van der Waals surface area contributed by atoms with Crippen molar-refractivity contribution in [1.29, 1.82) is 0 Å². The maximum absolute atomic E-state index is 13.6. The number of rotatable bonds is 4. The Hall–Kier alpha value is -2.36. The van der Waals surface area contributed by atoms with Gasteiger partial charge in [-0.25, -0.2) is 4.39 Å². The third kappa shape index (κ3) is 2.64. The Morgan fingerprint density at radius 1 is 1.25 bits per heavy atom. The van der Waals surface area contributed by atoms with E-state index in [1.165, 1.54) is 6.07 Å². The number of benzene rings is 2. The second-order valence-electron chi connectivity index (χ2n) is 5.01. The third-order valence-electron chi connectivity index (χ3n) is 3.34. The molecule has 3 nitrogen and oxygen atoms in total. The average Bonchev–Trinajstić information content (AvgIpc) is 2.89. The Balaban J connectivity index is 1.72. The van der Waals surface area contributed by atoms with E-state index in [4.69, 9.17) is 0 Å². The number of hydrogen-bond donors (Lipinski definition) is 2. The van der Waals surface area contributed by atoms with E-state index >= 15 is 0 Å². The van der Waals surface area contributed by atoms with Crippen molar-refractivity contribution in [1.82, 2.24) is 10.2 Å². The van der Waals surface area contributed by atoms with Gasteiger partial charge in [0.05, 0.1) is 11.7 Å². The van der Waals surface area contributed by atoms with Crippen LogP contribution in [0.15, 0.2) is 48.7 Å². The molecule has 1 heterocycles. The molecule has 20 heavy (non-hydrogen) atoms. The highest BCUT2D eigenvalue weighted by Crippen LogP contribution is 2.18. The lowest BCUT2D eigenvalue weighted by Gasteiger charge is -2.15. The number of nitrogens with zero attached hydrogens (tertiary/aromatic N) is 1. The highest BCUT2D eigenvalue weighted by atomic mass is 19.1. The first-order chi connectivity index (χ1) is 9.72. The Morgan fingerprint density at radius 3 is 2.95 bits per heavy atom. The highest BCUT2D eigenvalue weighted by Gasteiger charge is 2.08. The lowest BCUT2D eigenvalue weighted by atomic mass is 10.1. The second-order valence-corrected chi connectivity index (χ2v) is 5.01. The summed E-state index contributed by atoms with van der Waals surface area (Å²) < 4.78 is 13.6. The molecule has 0 saturated carbocycles. The van der Waals surface area contributed by atoms with Crippen LogP contribution in [0.2, 0.25) is 0 Å². The Kier molecular flexibility index (Phi) is 3.37. The van der Waals surface area contributed by atoms with Gasteiger partial charge in [0.15, 0.2) is 0 Å². The molecule has 102 valence electrons. The largest absolute Gasteiger partial charge is 0.382 e. The first-order valence-electron chi connectivity index (χ1n) is 6.65. The number of aromatic amines is 1. The summed E-state index contributed by atoms with van der Waals surface area (Å²) in [6, 6.07) is 13.1. The van der Waals surface area contributed by atoms with E-state index in [0.717, 1.165) is 22.2 Å². The van der Waals surface area contributed by atoms with E-state index in [2.05, 4.69) is 15.5 Å². The minimum Gasteiger partial charge on any atom is -0.382 e. The predicted molar refractivity (Wildman–Crippen MR) is 79.3 cm³/mol. The zero-order valence-electron chi connectivity index (χ0n) is 11.2. The Morgan fingerprint density at radius 2 is 2.10 bits per heavy atom. The van der Waals surface area contributed by atoms with Crippen LogP contribution in [0, 0.1) is 5.82 Å². The maximum Gasteiger partial charge on any atom is 0.126 e. The van der Waals surface area contributed by atoms with Crippen molar-refractivity contribution in [2.45, 2.75) is 19.4 Å². The van der Waals surface area contributed by atoms with Crippen molar-refractivity contribution in [3.05, 3.63) is 60.0 Å². The monoisotopic (exact) mass is 269 g/mol. The molecule has 0 fully saturated rings. The summed E-state index contributed by atoms with van der Waals surface area (Å²) in [5.74, 6) is -0.147. The van der Waals surface area contributed by atoms with Gasteiger partial charge in [-0.05, 0) is 43.2 Å². The summed E-state index contributed by atoms with van der Waals surface area (Å²) in [5.41, 5.74) is 2.76. The molecule has 2 N–H and O–H groups in total. The fourth-order valence-electron chi connectivity index (χ4n) is 2.36. The quantitative estimate of drug-likeness (QED) is 0.757. The van der Waals surface area contributed by atoms with Gasteiger partial charge >= 0.3 is 0 Å². The molecule has 1 aromatic heterocycles. The summed E-state index contributed by atoms with van der Waals surface area (Å²) in [4.78, 5) is 0. The minimum atomic E-state index is -0.147. The van der Waals surface area contributed by atoms with Crippen LogP contribution in [0.4, 0.5) is 10.1 Å². The van der Waals surface area contributed by atoms with Crippen molar-refractivity contribution in [2.24, 2.45) is 0 Å². The molecular weight excluding hydrogens is 253 g/mol. The topological polar surface area (TPSA) is 40.7 Å². The molecular formula is C16H16FN3. The van der Waals surface area contributed by atoms with Crippen molar-refractivity contribution in [3.8, 4) is 0 Å². The van der Waals surface area contributed by atoms with Gasteiger partial charge in [-0.15, -0.1) is 0 Å². The van der Waals surface area contributed by atoms with Crippen LogP contribution in [-0.2, 0) is 6.42 Å². The molecule has 0 aliphatic heterocycles. The van der Waals surface area contributed by atoms with Gasteiger partial charge in [-0.1, -0.05) is 18.2 Å². The predicted octanol–water partition coefficient (Wildman–Crippen LogP) is 3.75. The van der Waals surface area contributed by atoms with Crippen LogP contribution in [-0.4, -0.2) is 16.2 Å². The van der Waals surface area contributed by atoms with E-state index in [1.807, 2.05) is 37.3 Å². The molecule has 3 aromatic rings. The smallest absolute Gasteiger partial charge is 0.126 e. The first-order valence-corrected chi connectivity index (χ1v) is 6.65. The molecule has 3 rings (SSSR count). The molecule has 1 unspecified atom stereocenters. The van der Waals surface area contributed by atoms with Crippen LogP contribution in [0.25, 0.3) is 10.9 Å². The highest BCUT2D eigenvalue weighted by molar-refractivity contribution is 5.81. The minimum absolute atomic E-state index is 0.147. The third-order valence-corrected chi connectivity index (χ3v) is 3.34. The van der Waals surface area contributed by atoms with E-state index in [1.54, 1.807) is 12.3 Å². The van der Waals surface area contributed by atoms with Crippen molar-refractivity contribution in [3.63, 3.8) is 0 Å². The van der Waals surface area contributed by atoms with Crippen LogP contribution in [0.1, 0.15) is 12.5 Å². The van der Waals surface area contributed by atoms with Crippen LogP contribution >= 0.6 is 0 Å². The standard InChI is InChI=1S/C16H16FN3/c1-11(8-12-4-2-3-5-15(12)17)19-14-6-7-16-13(9-14)10-18-20-16/h2-7,9-11,19H,8H2,1H3,(H,18,20). The van der Waals surface area contributed by atoms with Crippen molar-refractivity contribution >= 4 is 16.6 Å². The molecule has 0 aliphatic rings. The number of anilines is 1. The molecule has 0 bridgehead atoms. The number of nitrogens with one attached hydrogen (secondary N) is 2.